The summed E-state index contributed by atoms with van der Waals surface area (Å²) in [5.41, 5.74) is -3.15. The Labute approximate surface area is 65.9 Å². The molecule has 0 radical (unpaired) electrons. The maximum atomic E-state index is 10.2. The van der Waals surface area contributed by atoms with Crippen LogP contribution in [-0.2, 0) is 14.4 Å². The maximum absolute atomic E-state index is 10.2. The fourth-order valence-corrected chi connectivity index (χ4v) is 0.477. The van der Waals surface area contributed by atoms with Crippen molar-refractivity contribution in [3.8, 4) is 0 Å². The molecule has 0 atom stereocenters. The fourth-order valence-electron chi connectivity index (χ4n) is 0.477. The van der Waals surface area contributed by atoms with Crippen molar-refractivity contribution in [3.05, 3.63) is 0 Å². The number of aliphatic hydroxyl groups is 1. The molecule has 0 unspecified atom stereocenters. The van der Waals surface area contributed by atoms with E-state index in [1.165, 1.54) is 0 Å². The molecular formula is C5H6O7. The molecule has 68 valence electrons. The van der Waals surface area contributed by atoms with Crippen LogP contribution >= 0.6 is 0 Å². The normalized spacial score (nSPS) is 10.8. The summed E-state index contributed by atoms with van der Waals surface area (Å²) < 4.78 is 0. The minimum Gasteiger partial charge on any atom is -0.480 e. The molecule has 0 aromatic rings. The first-order valence-corrected chi connectivity index (χ1v) is 2.70. The zero-order valence-corrected chi connectivity index (χ0v) is 5.72. The number of hydrogen-bond donors (Lipinski definition) is 4. The van der Waals surface area contributed by atoms with Crippen LogP contribution in [0.5, 0.6) is 0 Å². The number of carbonyl (C=O) groups is 3. The van der Waals surface area contributed by atoms with Crippen LogP contribution in [-0.4, -0.2) is 44.9 Å². The van der Waals surface area contributed by atoms with Crippen LogP contribution in [0.4, 0.5) is 0 Å². The second-order valence-corrected chi connectivity index (χ2v) is 1.98. The summed E-state index contributed by atoms with van der Waals surface area (Å²) in [4.78, 5) is 30.6. The van der Waals surface area contributed by atoms with Crippen molar-refractivity contribution in [2.24, 2.45) is 5.41 Å². The van der Waals surface area contributed by atoms with Crippen molar-refractivity contribution in [1.29, 1.82) is 0 Å². The van der Waals surface area contributed by atoms with E-state index in [1.54, 1.807) is 0 Å². The van der Waals surface area contributed by atoms with Crippen molar-refractivity contribution in [3.63, 3.8) is 0 Å². The average Bonchev–Trinajstić information content (AvgIpc) is 1.86. The smallest absolute Gasteiger partial charge is 0.335 e. The van der Waals surface area contributed by atoms with Crippen molar-refractivity contribution in [2.45, 2.75) is 0 Å². The molecule has 0 rings (SSSR count). The van der Waals surface area contributed by atoms with Gasteiger partial charge in [-0.3, -0.25) is 14.4 Å². The van der Waals surface area contributed by atoms with Gasteiger partial charge < -0.3 is 20.4 Å². The average molecular weight is 178 g/mol. The topological polar surface area (TPSA) is 132 Å². The summed E-state index contributed by atoms with van der Waals surface area (Å²) in [6.07, 6.45) is 0. The summed E-state index contributed by atoms with van der Waals surface area (Å²) >= 11 is 0. The van der Waals surface area contributed by atoms with Gasteiger partial charge in [0.05, 0.1) is 6.61 Å². The third kappa shape index (κ3) is 1.21. The monoisotopic (exact) mass is 178 g/mol. The first-order valence-electron chi connectivity index (χ1n) is 2.70. The first-order chi connectivity index (χ1) is 5.39. The lowest BCUT2D eigenvalue weighted by molar-refractivity contribution is -0.178. The molecular weight excluding hydrogens is 172 g/mol. The van der Waals surface area contributed by atoms with Gasteiger partial charge in [0, 0.05) is 0 Å². The van der Waals surface area contributed by atoms with Crippen molar-refractivity contribution in [1.82, 2.24) is 0 Å². The van der Waals surface area contributed by atoms with Crippen LogP contribution in [0.3, 0.4) is 0 Å². The molecule has 0 amide bonds. The molecule has 0 fully saturated rings. The van der Waals surface area contributed by atoms with E-state index in [0.29, 0.717) is 0 Å². The Bertz CT molecular complexity index is 194. The number of aliphatic hydroxyl groups excluding tert-OH is 1. The van der Waals surface area contributed by atoms with Gasteiger partial charge in [0.1, 0.15) is 0 Å². The molecule has 0 aliphatic rings. The Kier molecular flexibility index (Phi) is 2.75. The molecule has 0 saturated carbocycles. The number of aliphatic carboxylic acids is 3. The Morgan fingerprint density at radius 1 is 0.917 bits per heavy atom. The maximum Gasteiger partial charge on any atom is 0.335 e. The van der Waals surface area contributed by atoms with Crippen LogP contribution in [0, 0.1) is 5.41 Å². The van der Waals surface area contributed by atoms with Gasteiger partial charge in [-0.1, -0.05) is 0 Å². The summed E-state index contributed by atoms with van der Waals surface area (Å²) in [7, 11) is 0. The minimum absolute atomic E-state index is 1.49. The standard InChI is InChI=1S/C5H6O7/c6-1-5(2(7)8,3(9)10)4(11)12/h6H,1H2,(H,7,8)(H,9,10)(H,11,12). The van der Waals surface area contributed by atoms with Gasteiger partial charge in [0.2, 0.25) is 0 Å². The zero-order valence-electron chi connectivity index (χ0n) is 5.72. The van der Waals surface area contributed by atoms with E-state index in [0.717, 1.165) is 0 Å². The Hall–Kier alpha value is -1.63. The minimum atomic E-state index is -3.15. The second kappa shape index (κ2) is 3.18. The van der Waals surface area contributed by atoms with E-state index in [2.05, 4.69) is 0 Å². The highest BCUT2D eigenvalue weighted by molar-refractivity contribution is 6.16. The van der Waals surface area contributed by atoms with E-state index >= 15 is 0 Å². The van der Waals surface area contributed by atoms with E-state index in [-0.39, 0.29) is 0 Å². The number of carboxylic acids is 3. The van der Waals surface area contributed by atoms with Crippen molar-refractivity contribution in [2.75, 3.05) is 6.61 Å². The molecule has 7 heteroatoms. The summed E-state index contributed by atoms with van der Waals surface area (Å²) in [6.45, 7) is -1.49. The molecule has 0 aromatic heterocycles. The van der Waals surface area contributed by atoms with Crippen LogP contribution in [0.15, 0.2) is 0 Å². The molecule has 0 aliphatic heterocycles. The predicted octanol–water partition coefficient (Wildman–Crippen LogP) is -1.78. The van der Waals surface area contributed by atoms with E-state index < -0.39 is 29.9 Å². The molecule has 12 heavy (non-hydrogen) atoms. The van der Waals surface area contributed by atoms with Gasteiger partial charge >= 0.3 is 17.9 Å². The largest absolute Gasteiger partial charge is 0.480 e. The van der Waals surface area contributed by atoms with Crippen LogP contribution in [0.1, 0.15) is 0 Å². The predicted molar refractivity (Wildman–Crippen MR) is 32.4 cm³/mol. The molecule has 0 spiro atoms. The highest BCUT2D eigenvalue weighted by Gasteiger charge is 2.54. The van der Waals surface area contributed by atoms with Crippen LogP contribution in [0.25, 0.3) is 0 Å². The number of carboxylic acid groups (broad SMARTS) is 3. The lowest BCUT2D eigenvalue weighted by atomic mass is 9.90. The summed E-state index contributed by atoms with van der Waals surface area (Å²) in [6, 6.07) is 0. The van der Waals surface area contributed by atoms with Gasteiger partial charge in [0.15, 0.2) is 0 Å². The van der Waals surface area contributed by atoms with Gasteiger partial charge in [-0.05, 0) is 0 Å². The van der Waals surface area contributed by atoms with Gasteiger partial charge in [-0.15, -0.1) is 0 Å². The highest BCUT2D eigenvalue weighted by Crippen LogP contribution is 2.17. The second-order valence-electron chi connectivity index (χ2n) is 1.98. The Morgan fingerprint density at radius 2 is 1.17 bits per heavy atom. The Balaban J connectivity index is 5.19. The lowest BCUT2D eigenvalue weighted by Crippen LogP contribution is -2.49. The van der Waals surface area contributed by atoms with Crippen molar-refractivity contribution >= 4 is 17.9 Å². The number of hydrogen-bond acceptors (Lipinski definition) is 4. The zero-order chi connectivity index (χ0) is 9.94. The number of rotatable bonds is 4. The molecule has 7 nitrogen and oxygen atoms in total. The van der Waals surface area contributed by atoms with E-state index in [9.17, 15) is 14.4 Å². The van der Waals surface area contributed by atoms with Crippen LogP contribution in [0.2, 0.25) is 0 Å². The molecule has 0 aliphatic carbocycles. The SMILES string of the molecule is O=C(O)C(CO)(C(=O)O)C(=O)O. The Morgan fingerprint density at radius 3 is 1.17 bits per heavy atom. The summed E-state index contributed by atoms with van der Waals surface area (Å²) in [5, 5.41) is 33.1. The third-order valence-electron chi connectivity index (χ3n) is 1.33. The third-order valence-corrected chi connectivity index (χ3v) is 1.33. The van der Waals surface area contributed by atoms with Crippen LogP contribution < -0.4 is 0 Å². The first kappa shape index (κ1) is 10.4. The summed E-state index contributed by atoms with van der Waals surface area (Å²) in [5.74, 6) is -6.32. The van der Waals surface area contributed by atoms with Gasteiger partial charge in [-0.25, -0.2) is 0 Å². The molecule has 0 saturated heterocycles. The van der Waals surface area contributed by atoms with Gasteiger partial charge in [-0.2, -0.15) is 0 Å². The van der Waals surface area contributed by atoms with E-state index in [1.807, 2.05) is 0 Å². The fraction of sp³-hybridized carbons (Fsp3) is 0.400. The molecule has 0 bridgehead atoms. The quantitative estimate of drug-likeness (QED) is 0.374. The molecule has 0 heterocycles. The molecule has 0 aromatic carbocycles. The van der Waals surface area contributed by atoms with Crippen molar-refractivity contribution < 1.29 is 34.8 Å². The highest BCUT2D eigenvalue weighted by atomic mass is 16.4. The lowest BCUT2D eigenvalue weighted by Gasteiger charge is -2.15. The molecule has 4 N–H and O–H groups in total. The van der Waals surface area contributed by atoms with Gasteiger partial charge in [0.25, 0.3) is 5.41 Å². The van der Waals surface area contributed by atoms with E-state index in [4.69, 9.17) is 20.4 Å².